The van der Waals surface area contributed by atoms with Gasteiger partial charge in [0, 0.05) is 13.7 Å². The fourth-order valence-corrected chi connectivity index (χ4v) is 0.936. The molecule has 3 heteroatoms. The summed E-state index contributed by atoms with van der Waals surface area (Å²) in [5.41, 5.74) is 0. The molecule has 0 fully saturated rings. The fraction of sp³-hybridized carbons (Fsp3) is 0.400. The number of hydrogen-bond donors (Lipinski definition) is 1. The minimum absolute atomic E-state index is 0.573. The van der Waals surface area contributed by atoms with Gasteiger partial charge in [0.25, 0.3) is 0 Å². The van der Waals surface area contributed by atoms with Gasteiger partial charge in [0.1, 0.15) is 5.76 Å². The van der Waals surface area contributed by atoms with Crippen LogP contribution >= 0.6 is 0 Å². The van der Waals surface area contributed by atoms with Crippen LogP contribution < -0.4 is 5.32 Å². The molecule has 0 aliphatic carbocycles. The Morgan fingerprint density at radius 1 is 1.62 bits per heavy atom. The average molecular weight is 179 g/mol. The number of furan rings is 1. The minimum atomic E-state index is 0.573. The number of hydrogen-bond acceptors (Lipinski definition) is 3. The Labute approximate surface area is 78.1 Å². The van der Waals surface area contributed by atoms with Crippen LogP contribution in [0, 0.1) is 12.3 Å². The summed E-state index contributed by atoms with van der Waals surface area (Å²) in [6.07, 6.45) is 5.16. The molecule has 0 amide bonds. The second-order valence-electron chi connectivity index (χ2n) is 2.58. The summed E-state index contributed by atoms with van der Waals surface area (Å²) in [5.74, 6) is 3.85. The third-order valence-electron chi connectivity index (χ3n) is 1.59. The van der Waals surface area contributed by atoms with Crippen molar-refractivity contribution in [3.63, 3.8) is 0 Å². The standard InChI is InChI=1S/C10H13NO2/c1-3-9-4-5-10(13-9)8-11-6-7-12-2/h1,4-5,11H,6-8H2,2H3. The summed E-state index contributed by atoms with van der Waals surface area (Å²) in [7, 11) is 1.67. The van der Waals surface area contributed by atoms with Crippen LogP contribution in [0.2, 0.25) is 0 Å². The fourth-order valence-electron chi connectivity index (χ4n) is 0.936. The van der Waals surface area contributed by atoms with Gasteiger partial charge in [-0.15, -0.1) is 6.42 Å². The molecule has 0 atom stereocenters. The molecule has 0 aliphatic rings. The van der Waals surface area contributed by atoms with E-state index in [9.17, 15) is 0 Å². The summed E-state index contributed by atoms with van der Waals surface area (Å²) in [6.45, 7) is 2.19. The Balaban J connectivity index is 2.25. The van der Waals surface area contributed by atoms with Crippen LogP contribution in [-0.2, 0) is 11.3 Å². The number of nitrogens with one attached hydrogen (secondary N) is 1. The van der Waals surface area contributed by atoms with E-state index in [-0.39, 0.29) is 0 Å². The predicted octanol–water partition coefficient (Wildman–Crippen LogP) is 0.997. The van der Waals surface area contributed by atoms with Crippen molar-refractivity contribution in [2.75, 3.05) is 20.3 Å². The van der Waals surface area contributed by atoms with Crippen LogP contribution in [0.15, 0.2) is 16.5 Å². The van der Waals surface area contributed by atoms with E-state index in [1.54, 1.807) is 13.2 Å². The summed E-state index contributed by atoms with van der Waals surface area (Å²) in [4.78, 5) is 0. The highest BCUT2D eigenvalue weighted by atomic mass is 16.5. The van der Waals surface area contributed by atoms with Gasteiger partial charge in [-0.25, -0.2) is 0 Å². The lowest BCUT2D eigenvalue weighted by Crippen LogP contribution is -2.18. The smallest absolute Gasteiger partial charge is 0.176 e. The van der Waals surface area contributed by atoms with E-state index in [1.807, 2.05) is 6.07 Å². The van der Waals surface area contributed by atoms with E-state index in [2.05, 4.69) is 11.2 Å². The molecule has 0 spiro atoms. The number of terminal acetylenes is 1. The maximum Gasteiger partial charge on any atom is 0.176 e. The maximum absolute atomic E-state index is 5.27. The molecule has 0 bridgehead atoms. The van der Waals surface area contributed by atoms with Crippen LogP contribution in [0.4, 0.5) is 0 Å². The molecular formula is C10H13NO2. The maximum atomic E-state index is 5.27. The Bertz CT molecular complexity index is 285. The first kappa shape index (κ1) is 9.85. The topological polar surface area (TPSA) is 34.4 Å². The SMILES string of the molecule is C#Cc1ccc(CNCCOC)o1. The first-order chi connectivity index (χ1) is 6.36. The van der Waals surface area contributed by atoms with Gasteiger partial charge >= 0.3 is 0 Å². The van der Waals surface area contributed by atoms with Gasteiger partial charge in [-0.1, -0.05) is 0 Å². The first-order valence-electron chi connectivity index (χ1n) is 4.12. The Hall–Kier alpha value is -1.24. The molecule has 1 aromatic rings. The molecule has 0 saturated carbocycles. The quantitative estimate of drug-likeness (QED) is 0.541. The largest absolute Gasteiger partial charge is 0.451 e. The molecule has 13 heavy (non-hydrogen) atoms. The Morgan fingerprint density at radius 2 is 2.46 bits per heavy atom. The first-order valence-corrected chi connectivity index (χ1v) is 4.12. The molecule has 1 aromatic heterocycles. The predicted molar refractivity (Wildman–Crippen MR) is 50.2 cm³/mol. The van der Waals surface area contributed by atoms with Crippen molar-refractivity contribution < 1.29 is 9.15 Å². The molecule has 0 unspecified atom stereocenters. The van der Waals surface area contributed by atoms with Crippen LogP contribution in [0.1, 0.15) is 11.5 Å². The van der Waals surface area contributed by atoms with E-state index in [1.165, 1.54) is 0 Å². The van der Waals surface area contributed by atoms with Crippen molar-refractivity contribution in [3.05, 3.63) is 23.7 Å². The van der Waals surface area contributed by atoms with Crippen molar-refractivity contribution >= 4 is 0 Å². The van der Waals surface area contributed by atoms with Gasteiger partial charge in [0.05, 0.1) is 13.2 Å². The van der Waals surface area contributed by atoms with Crippen molar-refractivity contribution in [1.29, 1.82) is 0 Å². The number of methoxy groups -OCH3 is 1. The highest BCUT2D eigenvalue weighted by Crippen LogP contribution is 2.05. The molecule has 70 valence electrons. The minimum Gasteiger partial charge on any atom is -0.451 e. The summed E-state index contributed by atoms with van der Waals surface area (Å²) < 4.78 is 10.2. The van der Waals surface area contributed by atoms with Crippen molar-refractivity contribution in [3.8, 4) is 12.3 Å². The molecule has 1 N–H and O–H groups in total. The Morgan fingerprint density at radius 3 is 3.08 bits per heavy atom. The van der Waals surface area contributed by atoms with Crippen molar-refractivity contribution in [1.82, 2.24) is 5.32 Å². The van der Waals surface area contributed by atoms with Gasteiger partial charge in [0.15, 0.2) is 5.76 Å². The van der Waals surface area contributed by atoms with Crippen LogP contribution in [0.25, 0.3) is 0 Å². The zero-order chi connectivity index (χ0) is 9.52. The van der Waals surface area contributed by atoms with Gasteiger partial charge in [0.2, 0.25) is 0 Å². The Kier molecular flexibility index (Phi) is 4.10. The second kappa shape index (κ2) is 5.41. The van der Waals surface area contributed by atoms with E-state index < -0.39 is 0 Å². The third-order valence-corrected chi connectivity index (χ3v) is 1.59. The second-order valence-corrected chi connectivity index (χ2v) is 2.58. The molecular weight excluding hydrogens is 166 g/mol. The van der Waals surface area contributed by atoms with Crippen molar-refractivity contribution in [2.24, 2.45) is 0 Å². The number of rotatable bonds is 5. The molecule has 1 rings (SSSR count). The highest BCUT2D eigenvalue weighted by molar-refractivity contribution is 5.22. The van der Waals surface area contributed by atoms with E-state index in [4.69, 9.17) is 15.6 Å². The zero-order valence-corrected chi connectivity index (χ0v) is 7.67. The molecule has 0 aliphatic heterocycles. The molecule has 0 radical (unpaired) electrons. The highest BCUT2D eigenvalue weighted by Gasteiger charge is 1.97. The zero-order valence-electron chi connectivity index (χ0n) is 7.67. The monoisotopic (exact) mass is 179 g/mol. The number of ether oxygens (including phenoxy) is 1. The molecule has 3 nitrogen and oxygen atoms in total. The lowest BCUT2D eigenvalue weighted by atomic mass is 10.4. The van der Waals surface area contributed by atoms with Gasteiger partial charge in [-0.3, -0.25) is 0 Å². The molecule has 0 saturated heterocycles. The van der Waals surface area contributed by atoms with Crippen molar-refractivity contribution in [2.45, 2.75) is 6.54 Å². The van der Waals surface area contributed by atoms with E-state index in [0.29, 0.717) is 18.9 Å². The molecule has 1 heterocycles. The van der Waals surface area contributed by atoms with E-state index in [0.717, 1.165) is 12.3 Å². The summed E-state index contributed by atoms with van der Waals surface area (Å²) >= 11 is 0. The summed E-state index contributed by atoms with van der Waals surface area (Å²) in [6, 6.07) is 3.66. The average Bonchev–Trinajstić information content (AvgIpc) is 2.60. The lowest BCUT2D eigenvalue weighted by Gasteiger charge is -2.00. The third kappa shape index (κ3) is 3.32. The van der Waals surface area contributed by atoms with Gasteiger partial charge in [-0.2, -0.15) is 0 Å². The van der Waals surface area contributed by atoms with Crippen LogP contribution in [-0.4, -0.2) is 20.3 Å². The van der Waals surface area contributed by atoms with E-state index >= 15 is 0 Å². The van der Waals surface area contributed by atoms with Gasteiger partial charge in [-0.05, 0) is 18.1 Å². The van der Waals surface area contributed by atoms with Gasteiger partial charge < -0.3 is 14.5 Å². The lowest BCUT2D eigenvalue weighted by molar-refractivity contribution is 0.198. The normalized spacial score (nSPS) is 9.85. The van der Waals surface area contributed by atoms with Crippen LogP contribution in [0.5, 0.6) is 0 Å². The van der Waals surface area contributed by atoms with Crippen LogP contribution in [0.3, 0.4) is 0 Å². The molecule has 0 aromatic carbocycles. The summed E-state index contributed by atoms with van der Waals surface area (Å²) in [5, 5.41) is 3.15.